The zero-order chi connectivity index (χ0) is 20.3. The van der Waals surface area contributed by atoms with E-state index < -0.39 is 0 Å². The van der Waals surface area contributed by atoms with Gasteiger partial charge in [-0.1, -0.05) is 74.3 Å². The zero-order valence-corrected chi connectivity index (χ0v) is 18.3. The number of aromatic amines is 1. The third-order valence-electron chi connectivity index (χ3n) is 4.49. The van der Waals surface area contributed by atoms with E-state index in [1.165, 1.54) is 5.56 Å². The maximum atomic E-state index is 6.22. The molecule has 7 heteroatoms. The third kappa shape index (κ3) is 4.72. The normalized spacial score (nSPS) is 12.8. The van der Waals surface area contributed by atoms with Crippen molar-refractivity contribution in [2.45, 2.75) is 33.1 Å². The van der Waals surface area contributed by atoms with Crippen LogP contribution in [0.15, 0.2) is 47.6 Å². The Morgan fingerprint density at radius 1 is 1.11 bits per heavy atom. The summed E-state index contributed by atoms with van der Waals surface area (Å²) in [6, 6.07) is 14.0. The van der Waals surface area contributed by atoms with Gasteiger partial charge in [0, 0.05) is 11.5 Å². The van der Waals surface area contributed by atoms with Gasteiger partial charge in [-0.15, -0.1) is 0 Å². The molecule has 0 radical (unpaired) electrons. The Morgan fingerprint density at radius 2 is 1.75 bits per heavy atom. The molecule has 1 atom stereocenters. The molecule has 0 aliphatic rings. The van der Waals surface area contributed by atoms with E-state index in [1.807, 2.05) is 0 Å². The van der Waals surface area contributed by atoms with Crippen molar-refractivity contribution in [1.29, 1.82) is 0 Å². The predicted octanol–water partition coefficient (Wildman–Crippen LogP) is 6.48. The Kier molecular flexibility index (Phi) is 6.70. The lowest BCUT2D eigenvalue weighted by molar-refractivity contribution is 0.646. The van der Waals surface area contributed by atoms with Crippen LogP contribution >= 0.6 is 35.4 Å². The van der Waals surface area contributed by atoms with Crippen LogP contribution in [0.1, 0.15) is 49.2 Å². The second-order valence-electron chi connectivity index (χ2n) is 7.14. The number of nitrogens with zero attached hydrogens (tertiary/aromatic N) is 3. The fourth-order valence-electron chi connectivity index (χ4n) is 3.01. The number of hydrogen-bond donors (Lipinski definition) is 1. The molecule has 0 saturated heterocycles. The molecule has 0 amide bonds. The summed E-state index contributed by atoms with van der Waals surface area (Å²) in [4.78, 5) is 0. The Bertz CT molecular complexity index is 1020. The first-order valence-corrected chi connectivity index (χ1v) is 10.3. The Balaban J connectivity index is 1.90. The minimum atomic E-state index is 0.0138. The van der Waals surface area contributed by atoms with Crippen molar-refractivity contribution in [2.75, 3.05) is 0 Å². The van der Waals surface area contributed by atoms with Gasteiger partial charge in [0.25, 0.3) is 0 Å². The third-order valence-corrected chi connectivity index (χ3v) is 5.41. The van der Waals surface area contributed by atoms with Gasteiger partial charge >= 0.3 is 0 Å². The van der Waals surface area contributed by atoms with Gasteiger partial charge in [0.05, 0.1) is 16.3 Å². The molecule has 0 bridgehead atoms. The molecule has 4 nitrogen and oxygen atoms in total. The highest BCUT2D eigenvalue weighted by Gasteiger charge is 2.16. The fraction of sp³-hybridized carbons (Fsp3) is 0.286. The maximum Gasteiger partial charge on any atom is 0.216 e. The summed E-state index contributed by atoms with van der Waals surface area (Å²) in [6.45, 7) is 6.52. The minimum Gasteiger partial charge on any atom is -0.250 e. The summed E-state index contributed by atoms with van der Waals surface area (Å²) in [6.07, 6.45) is 2.67. The molecule has 1 aromatic heterocycles. The first kappa shape index (κ1) is 20.8. The molecule has 28 heavy (non-hydrogen) atoms. The van der Waals surface area contributed by atoms with E-state index in [9.17, 15) is 0 Å². The average molecular weight is 433 g/mol. The quantitative estimate of drug-likeness (QED) is 0.357. The van der Waals surface area contributed by atoms with E-state index in [1.54, 1.807) is 29.1 Å². The lowest BCUT2D eigenvalue weighted by Gasteiger charge is -2.12. The highest BCUT2D eigenvalue weighted by Crippen LogP contribution is 2.25. The van der Waals surface area contributed by atoms with Gasteiger partial charge in [-0.05, 0) is 47.8 Å². The molecule has 1 heterocycles. The summed E-state index contributed by atoms with van der Waals surface area (Å²) in [5.74, 6) is 1.37. The number of halogens is 2. The number of H-pyrrole nitrogens is 1. The van der Waals surface area contributed by atoms with E-state index in [2.05, 4.69) is 60.3 Å². The predicted molar refractivity (Wildman–Crippen MR) is 119 cm³/mol. The van der Waals surface area contributed by atoms with Crippen molar-refractivity contribution < 1.29 is 0 Å². The first-order valence-electron chi connectivity index (χ1n) is 9.11. The van der Waals surface area contributed by atoms with Crippen LogP contribution < -0.4 is 0 Å². The molecule has 0 fully saturated rings. The van der Waals surface area contributed by atoms with Gasteiger partial charge in [0.2, 0.25) is 4.77 Å². The van der Waals surface area contributed by atoms with Crippen LogP contribution in [0.4, 0.5) is 0 Å². The van der Waals surface area contributed by atoms with Crippen molar-refractivity contribution in [3.8, 4) is 0 Å². The number of nitrogens with one attached hydrogen (secondary N) is 1. The molecule has 0 spiro atoms. The van der Waals surface area contributed by atoms with E-state index in [0.717, 1.165) is 17.8 Å². The highest BCUT2D eigenvalue weighted by molar-refractivity contribution is 7.71. The number of rotatable bonds is 6. The van der Waals surface area contributed by atoms with E-state index in [4.69, 9.17) is 35.4 Å². The van der Waals surface area contributed by atoms with Gasteiger partial charge in [-0.3, -0.25) is 5.10 Å². The Labute approximate surface area is 180 Å². The molecule has 0 unspecified atom stereocenters. The van der Waals surface area contributed by atoms with Crippen molar-refractivity contribution >= 4 is 41.6 Å². The molecule has 3 aromatic rings. The summed E-state index contributed by atoms with van der Waals surface area (Å²) < 4.78 is 2.03. The van der Waals surface area contributed by atoms with Crippen molar-refractivity contribution in [2.24, 2.45) is 11.0 Å². The molecule has 0 aliphatic heterocycles. The largest absolute Gasteiger partial charge is 0.250 e. The lowest BCUT2D eigenvalue weighted by atomic mass is 9.96. The van der Waals surface area contributed by atoms with Crippen LogP contribution in [0.25, 0.3) is 0 Å². The summed E-state index contributed by atoms with van der Waals surface area (Å²) >= 11 is 17.8. The van der Waals surface area contributed by atoms with E-state index in [-0.39, 0.29) is 5.92 Å². The fourth-order valence-corrected chi connectivity index (χ4v) is 3.69. The molecule has 0 aliphatic carbocycles. The Morgan fingerprint density at radius 3 is 2.36 bits per heavy atom. The van der Waals surface area contributed by atoms with Crippen LogP contribution in [-0.2, 0) is 6.42 Å². The van der Waals surface area contributed by atoms with Crippen LogP contribution in [0, 0.1) is 10.7 Å². The second kappa shape index (κ2) is 9.03. The van der Waals surface area contributed by atoms with Gasteiger partial charge in [-0.25, -0.2) is 0 Å². The standard InChI is InChI=1S/C21H22Cl2N4S/c1-13(2)11-15-7-9-16(10-8-15)14(3)20-25-26-21(28)27(20)24-12-17-18(22)5-4-6-19(17)23/h4-10,12-14H,11H2,1-3H3,(H,26,28)/b24-12+/t14-/m0/s1. The van der Waals surface area contributed by atoms with E-state index >= 15 is 0 Å². The van der Waals surface area contributed by atoms with Crippen LogP contribution in [0.2, 0.25) is 10.0 Å². The smallest absolute Gasteiger partial charge is 0.216 e. The van der Waals surface area contributed by atoms with Gasteiger partial charge in [0.1, 0.15) is 0 Å². The van der Waals surface area contributed by atoms with Crippen LogP contribution in [-0.4, -0.2) is 21.1 Å². The van der Waals surface area contributed by atoms with Crippen molar-refractivity contribution in [3.63, 3.8) is 0 Å². The first-order chi connectivity index (χ1) is 13.4. The number of aromatic nitrogens is 3. The molecule has 146 valence electrons. The number of benzene rings is 2. The molecular weight excluding hydrogens is 411 g/mol. The topological polar surface area (TPSA) is 46.0 Å². The van der Waals surface area contributed by atoms with E-state index in [0.29, 0.717) is 26.3 Å². The minimum absolute atomic E-state index is 0.0138. The van der Waals surface area contributed by atoms with Gasteiger partial charge < -0.3 is 0 Å². The zero-order valence-electron chi connectivity index (χ0n) is 16.0. The summed E-state index contributed by atoms with van der Waals surface area (Å²) in [5, 5.41) is 12.8. The van der Waals surface area contributed by atoms with Gasteiger partial charge in [-0.2, -0.15) is 14.9 Å². The molecule has 3 rings (SSSR count). The monoisotopic (exact) mass is 432 g/mol. The highest BCUT2D eigenvalue weighted by atomic mass is 35.5. The Hall–Kier alpha value is -1.95. The van der Waals surface area contributed by atoms with Crippen molar-refractivity contribution in [3.05, 3.63) is 79.8 Å². The lowest BCUT2D eigenvalue weighted by Crippen LogP contribution is -2.06. The molecule has 1 N–H and O–H groups in total. The second-order valence-corrected chi connectivity index (χ2v) is 8.34. The number of hydrogen-bond acceptors (Lipinski definition) is 3. The van der Waals surface area contributed by atoms with Crippen LogP contribution in [0.5, 0.6) is 0 Å². The molecular formula is C21H22Cl2N4S. The summed E-state index contributed by atoms with van der Waals surface area (Å²) in [7, 11) is 0. The summed E-state index contributed by atoms with van der Waals surface area (Å²) in [5.41, 5.74) is 3.12. The SMILES string of the molecule is CC(C)Cc1ccc([C@H](C)c2n[nH]c(=S)n2/N=C/c2c(Cl)cccc2Cl)cc1. The van der Waals surface area contributed by atoms with Gasteiger partial charge in [0.15, 0.2) is 5.82 Å². The maximum absolute atomic E-state index is 6.22. The van der Waals surface area contributed by atoms with Crippen LogP contribution in [0.3, 0.4) is 0 Å². The average Bonchev–Trinajstić information content (AvgIpc) is 3.01. The molecule has 0 saturated carbocycles. The van der Waals surface area contributed by atoms with Crippen molar-refractivity contribution in [1.82, 2.24) is 14.9 Å². The molecule has 2 aromatic carbocycles.